The number of aliphatic imine (C=N–C) groups is 1. The molecule has 162 valence electrons. The molecule has 1 fully saturated rings. The van der Waals surface area contributed by atoms with Crippen LogP contribution in [0.5, 0.6) is 0 Å². The number of hydrogen-bond acceptors (Lipinski definition) is 3. The molecule has 6 heteroatoms. The van der Waals surface area contributed by atoms with E-state index in [4.69, 9.17) is 16.3 Å². The number of nitrogens with zero attached hydrogens (tertiary/aromatic N) is 1. The fraction of sp³-hybridized carbons (Fsp3) is 0.458. The third kappa shape index (κ3) is 5.54. The van der Waals surface area contributed by atoms with Crippen LogP contribution in [0.25, 0.3) is 0 Å². The summed E-state index contributed by atoms with van der Waals surface area (Å²) in [7, 11) is 0. The molecule has 0 aromatic heterocycles. The number of benzene rings is 2. The van der Waals surface area contributed by atoms with Crippen molar-refractivity contribution in [1.29, 1.82) is 0 Å². The van der Waals surface area contributed by atoms with Crippen molar-refractivity contribution in [2.24, 2.45) is 4.99 Å². The molecular formula is C24H32ClN3O2. The van der Waals surface area contributed by atoms with Gasteiger partial charge < -0.3 is 20.5 Å². The Balaban J connectivity index is 1.76. The van der Waals surface area contributed by atoms with Crippen LogP contribution in [0.4, 0.5) is 0 Å². The van der Waals surface area contributed by atoms with Crippen molar-refractivity contribution in [1.82, 2.24) is 10.6 Å². The maximum absolute atomic E-state index is 10.9. The summed E-state index contributed by atoms with van der Waals surface area (Å²) in [4.78, 5) is 4.67. The number of hydrogen-bond donors (Lipinski definition) is 3. The standard InChI is InChI=1S/C24H32ClN3O2/c1-3-26-22(27-17-23(2,29)19-9-5-4-6-10-19)28-18-24(13-15-30-16-14-24)20-11-7-8-12-21(20)25/h4-12,29H,3,13-18H2,1-2H3,(H2,26,27,28). The van der Waals surface area contributed by atoms with Gasteiger partial charge in [-0.3, -0.25) is 0 Å². The van der Waals surface area contributed by atoms with Gasteiger partial charge in [0.15, 0.2) is 5.96 Å². The molecule has 1 saturated heterocycles. The molecule has 30 heavy (non-hydrogen) atoms. The van der Waals surface area contributed by atoms with Crippen molar-refractivity contribution in [3.63, 3.8) is 0 Å². The average molecular weight is 430 g/mol. The average Bonchev–Trinajstić information content (AvgIpc) is 2.77. The van der Waals surface area contributed by atoms with Crippen LogP contribution in [-0.2, 0) is 15.8 Å². The van der Waals surface area contributed by atoms with Crippen LogP contribution in [0, 0.1) is 0 Å². The van der Waals surface area contributed by atoms with Gasteiger partial charge in [0.2, 0.25) is 0 Å². The van der Waals surface area contributed by atoms with Gasteiger partial charge in [-0.15, -0.1) is 0 Å². The maximum Gasteiger partial charge on any atom is 0.191 e. The molecule has 2 aromatic carbocycles. The van der Waals surface area contributed by atoms with Gasteiger partial charge in [-0.2, -0.15) is 0 Å². The summed E-state index contributed by atoms with van der Waals surface area (Å²) >= 11 is 6.56. The summed E-state index contributed by atoms with van der Waals surface area (Å²) in [5.74, 6) is 0.687. The van der Waals surface area contributed by atoms with Gasteiger partial charge in [0, 0.05) is 36.7 Å². The van der Waals surface area contributed by atoms with Gasteiger partial charge in [-0.25, -0.2) is 4.99 Å². The molecule has 0 aliphatic carbocycles. The van der Waals surface area contributed by atoms with Gasteiger partial charge in [0.1, 0.15) is 5.60 Å². The first-order valence-corrected chi connectivity index (χ1v) is 11.0. The number of ether oxygens (including phenoxy) is 1. The van der Waals surface area contributed by atoms with Crippen LogP contribution in [-0.4, -0.2) is 43.9 Å². The lowest BCUT2D eigenvalue weighted by Crippen LogP contribution is -2.48. The van der Waals surface area contributed by atoms with Gasteiger partial charge in [-0.1, -0.05) is 60.1 Å². The molecule has 5 nitrogen and oxygen atoms in total. The second-order valence-corrected chi connectivity index (χ2v) is 8.47. The van der Waals surface area contributed by atoms with Crippen molar-refractivity contribution in [3.05, 3.63) is 70.7 Å². The zero-order valence-corrected chi connectivity index (χ0v) is 18.6. The Labute approximate surface area is 184 Å². The van der Waals surface area contributed by atoms with Gasteiger partial charge >= 0.3 is 0 Å². The summed E-state index contributed by atoms with van der Waals surface area (Å²) in [6.45, 7) is 6.94. The van der Waals surface area contributed by atoms with Crippen molar-refractivity contribution < 1.29 is 9.84 Å². The second-order valence-electron chi connectivity index (χ2n) is 8.06. The molecule has 3 N–H and O–H groups in total. The molecule has 1 aliphatic rings. The first-order valence-electron chi connectivity index (χ1n) is 10.6. The molecule has 1 aliphatic heterocycles. The molecule has 1 unspecified atom stereocenters. The molecule has 0 radical (unpaired) electrons. The zero-order valence-electron chi connectivity index (χ0n) is 17.8. The highest BCUT2D eigenvalue weighted by Gasteiger charge is 2.36. The maximum atomic E-state index is 10.9. The van der Waals surface area contributed by atoms with Crippen molar-refractivity contribution in [2.75, 3.05) is 32.8 Å². The molecule has 0 amide bonds. The summed E-state index contributed by atoms with van der Waals surface area (Å²) in [5, 5.41) is 18.5. The molecule has 0 spiro atoms. The minimum atomic E-state index is -1.04. The molecule has 0 saturated carbocycles. The van der Waals surface area contributed by atoms with Gasteiger partial charge in [-0.05, 0) is 43.9 Å². The predicted molar refractivity (Wildman–Crippen MR) is 123 cm³/mol. The minimum Gasteiger partial charge on any atom is -0.384 e. The van der Waals surface area contributed by atoms with E-state index in [1.54, 1.807) is 6.92 Å². The Morgan fingerprint density at radius 3 is 2.43 bits per heavy atom. The molecule has 1 atom stereocenters. The summed E-state index contributed by atoms with van der Waals surface area (Å²) < 4.78 is 5.63. The third-order valence-corrected chi connectivity index (χ3v) is 6.10. The number of aliphatic hydroxyl groups is 1. The molecular weight excluding hydrogens is 398 g/mol. The number of halogens is 1. The number of nitrogens with one attached hydrogen (secondary N) is 2. The van der Waals surface area contributed by atoms with E-state index in [0.717, 1.165) is 35.5 Å². The van der Waals surface area contributed by atoms with E-state index in [0.29, 0.717) is 25.7 Å². The SMILES string of the molecule is CCNC(=NCC(C)(O)c1ccccc1)NCC1(c2ccccc2Cl)CCOCC1. The fourth-order valence-electron chi connectivity index (χ4n) is 3.91. The lowest BCUT2D eigenvalue weighted by molar-refractivity contribution is 0.0513. The minimum absolute atomic E-state index is 0.116. The lowest BCUT2D eigenvalue weighted by atomic mass is 9.74. The van der Waals surface area contributed by atoms with E-state index in [1.165, 1.54) is 0 Å². The van der Waals surface area contributed by atoms with Gasteiger partial charge in [0.05, 0.1) is 6.54 Å². The predicted octanol–water partition coefficient (Wildman–Crippen LogP) is 3.85. The fourth-order valence-corrected chi connectivity index (χ4v) is 4.25. The largest absolute Gasteiger partial charge is 0.384 e. The Hall–Kier alpha value is -2.08. The lowest BCUT2D eigenvalue weighted by Gasteiger charge is -2.39. The highest BCUT2D eigenvalue weighted by Crippen LogP contribution is 2.38. The van der Waals surface area contributed by atoms with Crippen molar-refractivity contribution in [2.45, 2.75) is 37.7 Å². The van der Waals surface area contributed by atoms with Crippen molar-refractivity contribution in [3.8, 4) is 0 Å². The van der Waals surface area contributed by atoms with Crippen LogP contribution in [0.1, 0.15) is 37.8 Å². The van der Waals surface area contributed by atoms with E-state index in [1.807, 2.05) is 55.5 Å². The first-order chi connectivity index (χ1) is 14.5. The van der Waals surface area contributed by atoms with Crippen LogP contribution in [0.3, 0.4) is 0 Å². The van der Waals surface area contributed by atoms with E-state index >= 15 is 0 Å². The second kappa shape index (κ2) is 10.3. The molecule has 1 heterocycles. The molecule has 3 rings (SSSR count). The van der Waals surface area contributed by atoms with Crippen LogP contribution < -0.4 is 10.6 Å². The summed E-state index contributed by atoms with van der Waals surface area (Å²) in [5.41, 5.74) is 0.841. The quantitative estimate of drug-likeness (QED) is 0.462. The Kier molecular flexibility index (Phi) is 7.75. The monoisotopic (exact) mass is 429 g/mol. The third-order valence-electron chi connectivity index (χ3n) is 5.77. The summed E-state index contributed by atoms with van der Waals surface area (Å²) in [6.07, 6.45) is 1.79. The Bertz CT molecular complexity index is 833. The van der Waals surface area contributed by atoms with Gasteiger partial charge in [0.25, 0.3) is 0 Å². The van der Waals surface area contributed by atoms with E-state index < -0.39 is 5.60 Å². The first kappa shape index (κ1) is 22.6. The molecule has 0 bridgehead atoms. The van der Waals surface area contributed by atoms with Crippen LogP contribution in [0.15, 0.2) is 59.6 Å². The van der Waals surface area contributed by atoms with E-state index in [2.05, 4.69) is 21.7 Å². The normalized spacial score (nSPS) is 18.5. The smallest absolute Gasteiger partial charge is 0.191 e. The van der Waals surface area contributed by atoms with Crippen LogP contribution >= 0.6 is 11.6 Å². The van der Waals surface area contributed by atoms with Crippen LogP contribution in [0.2, 0.25) is 5.02 Å². The van der Waals surface area contributed by atoms with E-state index in [-0.39, 0.29) is 12.0 Å². The Morgan fingerprint density at radius 2 is 1.77 bits per heavy atom. The summed E-state index contributed by atoms with van der Waals surface area (Å²) in [6, 6.07) is 17.7. The van der Waals surface area contributed by atoms with E-state index in [9.17, 15) is 5.11 Å². The zero-order chi connectivity index (χ0) is 21.5. The molecule has 2 aromatic rings. The number of guanidine groups is 1. The highest BCUT2D eigenvalue weighted by atomic mass is 35.5. The number of rotatable bonds is 7. The highest BCUT2D eigenvalue weighted by molar-refractivity contribution is 6.31. The Morgan fingerprint density at radius 1 is 1.10 bits per heavy atom. The topological polar surface area (TPSA) is 65.9 Å². The van der Waals surface area contributed by atoms with Crippen molar-refractivity contribution >= 4 is 17.6 Å².